The van der Waals surface area contributed by atoms with E-state index < -0.39 is 6.10 Å². The molecule has 1 aromatic rings. The molecule has 1 N–H and O–H groups in total. The SMILES string of the molecule is CCN(c1ccc([C@@H](C)O)cn1)C1CC1. The van der Waals surface area contributed by atoms with Crippen molar-refractivity contribution < 1.29 is 5.11 Å². The number of aromatic nitrogens is 1. The molecule has 0 radical (unpaired) electrons. The van der Waals surface area contributed by atoms with Crippen molar-refractivity contribution in [2.24, 2.45) is 0 Å². The summed E-state index contributed by atoms with van der Waals surface area (Å²) in [6.07, 6.45) is 3.91. The van der Waals surface area contributed by atoms with E-state index in [0.717, 1.165) is 17.9 Å². The van der Waals surface area contributed by atoms with E-state index in [0.29, 0.717) is 6.04 Å². The zero-order valence-electron chi connectivity index (χ0n) is 9.35. The Bertz CT molecular complexity index is 317. The van der Waals surface area contributed by atoms with Crippen LogP contribution in [0.3, 0.4) is 0 Å². The number of nitrogens with zero attached hydrogens (tertiary/aromatic N) is 2. The summed E-state index contributed by atoms with van der Waals surface area (Å²) in [6.45, 7) is 4.92. The highest BCUT2D eigenvalue weighted by Crippen LogP contribution is 2.30. The minimum Gasteiger partial charge on any atom is -0.389 e. The van der Waals surface area contributed by atoms with Gasteiger partial charge in [-0.15, -0.1) is 0 Å². The second-order valence-corrected chi connectivity index (χ2v) is 4.14. The smallest absolute Gasteiger partial charge is 0.128 e. The van der Waals surface area contributed by atoms with Crippen LogP contribution in [-0.2, 0) is 0 Å². The molecule has 0 aromatic carbocycles. The van der Waals surface area contributed by atoms with Crippen molar-refractivity contribution >= 4 is 5.82 Å². The van der Waals surface area contributed by atoms with Crippen LogP contribution in [0.15, 0.2) is 18.3 Å². The summed E-state index contributed by atoms with van der Waals surface area (Å²) in [5.74, 6) is 1.03. The summed E-state index contributed by atoms with van der Waals surface area (Å²) in [7, 11) is 0. The Hall–Kier alpha value is -1.09. The van der Waals surface area contributed by atoms with Gasteiger partial charge in [-0.25, -0.2) is 4.98 Å². The van der Waals surface area contributed by atoms with Crippen LogP contribution < -0.4 is 4.90 Å². The molecule has 0 aliphatic heterocycles. The first kappa shape index (κ1) is 10.4. The summed E-state index contributed by atoms with van der Waals surface area (Å²) in [4.78, 5) is 6.72. The van der Waals surface area contributed by atoms with Crippen LogP contribution in [-0.4, -0.2) is 22.7 Å². The number of anilines is 1. The Labute approximate surface area is 90.8 Å². The average Bonchev–Trinajstić information content (AvgIpc) is 3.04. The van der Waals surface area contributed by atoms with Crippen LogP contribution in [0.25, 0.3) is 0 Å². The van der Waals surface area contributed by atoms with Gasteiger partial charge in [0.15, 0.2) is 0 Å². The lowest BCUT2D eigenvalue weighted by molar-refractivity contribution is 0.199. The van der Waals surface area contributed by atoms with Gasteiger partial charge in [-0.2, -0.15) is 0 Å². The lowest BCUT2D eigenvalue weighted by atomic mass is 10.2. The lowest BCUT2D eigenvalue weighted by Crippen LogP contribution is -2.25. The van der Waals surface area contributed by atoms with Crippen LogP contribution in [0.2, 0.25) is 0 Å². The zero-order valence-corrected chi connectivity index (χ0v) is 9.35. The topological polar surface area (TPSA) is 36.4 Å². The fourth-order valence-electron chi connectivity index (χ4n) is 1.81. The highest BCUT2D eigenvalue weighted by molar-refractivity contribution is 5.42. The molecule has 1 aromatic heterocycles. The summed E-state index contributed by atoms with van der Waals surface area (Å²) < 4.78 is 0. The zero-order chi connectivity index (χ0) is 10.8. The Kier molecular flexibility index (Phi) is 2.91. The van der Waals surface area contributed by atoms with E-state index in [2.05, 4.69) is 16.8 Å². The maximum Gasteiger partial charge on any atom is 0.128 e. The van der Waals surface area contributed by atoms with Gasteiger partial charge < -0.3 is 10.0 Å². The third kappa shape index (κ3) is 2.29. The number of aliphatic hydroxyl groups is 1. The molecule has 3 nitrogen and oxygen atoms in total. The largest absolute Gasteiger partial charge is 0.389 e. The highest BCUT2D eigenvalue weighted by Gasteiger charge is 2.28. The Balaban J connectivity index is 2.14. The van der Waals surface area contributed by atoms with E-state index >= 15 is 0 Å². The van der Waals surface area contributed by atoms with E-state index in [1.54, 1.807) is 13.1 Å². The minimum atomic E-state index is -0.428. The summed E-state index contributed by atoms with van der Waals surface area (Å²) in [5.41, 5.74) is 0.880. The van der Waals surface area contributed by atoms with Gasteiger partial charge in [0, 0.05) is 18.8 Å². The van der Waals surface area contributed by atoms with Crippen molar-refractivity contribution in [1.82, 2.24) is 4.98 Å². The van der Waals surface area contributed by atoms with Crippen molar-refractivity contribution in [3.63, 3.8) is 0 Å². The van der Waals surface area contributed by atoms with E-state index in [-0.39, 0.29) is 0 Å². The molecule has 1 fully saturated rings. The molecule has 15 heavy (non-hydrogen) atoms. The maximum absolute atomic E-state index is 9.38. The Morgan fingerprint density at radius 3 is 2.67 bits per heavy atom. The van der Waals surface area contributed by atoms with Gasteiger partial charge in [0.2, 0.25) is 0 Å². The number of hydrogen-bond donors (Lipinski definition) is 1. The van der Waals surface area contributed by atoms with E-state index in [4.69, 9.17) is 0 Å². The van der Waals surface area contributed by atoms with Crippen LogP contribution in [0, 0.1) is 0 Å². The molecule has 0 amide bonds. The van der Waals surface area contributed by atoms with Crippen molar-refractivity contribution in [1.29, 1.82) is 0 Å². The van der Waals surface area contributed by atoms with Crippen LogP contribution in [0.1, 0.15) is 38.4 Å². The molecule has 0 bridgehead atoms. The highest BCUT2D eigenvalue weighted by atomic mass is 16.3. The van der Waals surface area contributed by atoms with Gasteiger partial charge in [-0.05, 0) is 38.3 Å². The van der Waals surface area contributed by atoms with Crippen molar-refractivity contribution in [3.8, 4) is 0 Å². The number of pyridine rings is 1. The molecule has 3 heteroatoms. The molecule has 2 rings (SSSR count). The Morgan fingerprint density at radius 1 is 1.53 bits per heavy atom. The number of rotatable bonds is 4. The van der Waals surface area contributed by atoms with Gasteiger partial charge in [0.05, 0.1) is 6.10 Å². The normalized spacial score (nSPS) is 17.5. The van der Waals surface area contributed by atoms with Gasteiger partial charge in [-0.1, -0.05) is 6.07 Å². The molecule has 0 unspecified atom stereocenters. The quantitative estimate of drug-likeness (QED) is 0.819. The summed E-state index contributed by atoms with van der Waals surface area (Å²) >= 11 is 0. The third-order valence-corrected chi connectivity index (χ3v) is 2.88. The van der Waals surface area contributed by atoms with Gasteiger partial charge in [0.1, 0.15) is 5.82 Å². The standard InChI is InChI=1S/C12H18N2O/c1-3-14(11-5-6-11)12-7-4-10(8-13-12)9(2)15/h4,7-9,11,15H,3,5-6H2,1-2H3/t9-/m1/s1. The maximum atomic E-state index is 9.38. The molecule has 0 spiro atoms. The first-order valence-electron chi connectivity index (χ1n) is 5.63. The van der Waals surface area contributed by atoms with Gasteiger partial charge >= 0.3 is 0 Å². The van der Waals surface area contributed by atoms with Crippen LogP contribution in [0.4, 0.5) is 5.82 Å². The number of aliphatic hydroxyl groups excluding tert-OH is 1. The fourth-order valence-corrected chi connectivity index (χ4v) is 1.81. The second-order valence-electron chi connectivity index (χ2n) is 4.14. The average molecular weight is 206 g/mol. The van der Waals surface area contributed by atoms with E-state index in [9.17, 15) is 5.11 Å². The lowest BCUT2D eigenvalue weighted by Gasteiger charge is -2.21. The molecule has 1 saturated carbocycles. The minimum absolute atomic E-state index is 0.428. The fraction of sp³-hybridized carbons (Fsp3) is 0.583. The number of hydrogen-bond acceptors (Lipinski definition) is 3. The van der Waals surface area contributed by atoms with Crippen LogP contribution >= 0.6 is 0 Å². The second kappa shape index (κ2) is 4.19. The van der Waals surface area contributed by atoms with Crippen molar-refractivity contribution in [3.05, 3.63) is 23.9 Å². The summed E-state index contributed by atoms with van der Waals surface area (Å²) in [6, 6.07) is 4.65. The predicted octanol–water partition coefficient (Wildman–Crippen LogP) is 2.12. The predicted molar refractivity (Wildman–Crippen MR) is 60.9 cm³/mol. The molecular weight excluding hydrogens is 188 g/mol. The van der Waals surface area contributed by atoms with E-state index in [1.165, 1.54) is 12.8 Å². The Morgan fingerprint density at radius 2 is 2.27 bits per heavy atom. The first-order chi connectivity index (χ1) is 7.22. The molecule has 1 aliphatic rings. The molecule has 1 atom stereocenters. The van der Waals surface area contributed by atoms with Crippen molar-refractivity contribution in [2.45, 2.75) is 38.8 Å². The van der Waals surface area contributed by atoms with Crippen molar-refractivity contribution in [2.75, 3.05) is 11.4 Å². The third-order valence-electron chi connectivity index (χ3n) is 2.88. The molecular formula is C12H18N2O. The van der Waals surface area contributed by atoms with Gasteiger partial charge in [0.25, 0.3) is 0 Å². The van der Waals surface area contributed by atoms with Gasteiger partial charge in [-0.3, -0.25) is 0 Å². The summed E-state index contributed by atoms with van der Waals surface area (Å²) in [5, 5.41) is 9.38. The molecule has 0 saturated heterocycles. The molecule has 82 valence electrons. The monoisotopic (exact) mass is 206 g/mol. The first-order valence-corrected chi connectivity index (χ1v) is 5.63. The van der Waals surface area contributed by atoms with E-state index in [1.807, 2.05) is 12.1 Å². The van der Waals surface area contributed by atoms with Crippen LogP contribution in [0.5, 0.6) is 0 Å². The molecule has 1 aliphatic carbocycles. The molecule has 1 heterocycles.